The predicted octanol–water partition coefficient (Wildman–Crippen LogP) is 4.24. The van der Waals surface area contributed by atoms with Gasteiger partial charge in [-0.2, -0.15) is 0 Å². The Morgan fingerprint density at radius 2 is 2.14 bits per heavy atom. The monoisotopic (exact) mass is 245 g/mol. The summed E-state index contributed by atoms with van der Waals surface area (Å²) < 4.78 is 5.41. The highest BCUT2D eigenvalue weighted by atomic mass is 35.5. The van der Waals surface area contributed by atoms with Gasteiger partial charge in [-0.05, 0) is 12.1 Å². The lowest BCUT2D eigenvalue weighted by molar-refractivity contribution is 0.467. The molecular formula is C9H5Cl2NOS. The molecule has 0 bridgehead atoms. The van der Waals surface area contributed by atoms with Gasteiger partial charge in [0.15, 0.2) is 0 Å². The van der Waals surface area contributed by atoms with E-state index >= 15 is 0 Å². The number of thiazole rings is 1. The van der Waals surface area contributed by atoms with Crippen LogP contribution in [0.4, 0.5) is 0 Å². The Balaban J connectivity index is 2.28. The molecule has 0 aliphatic heterocycles. The highest BCUT2D eigenvalue weighted by Crippen LogP contribution is 2.31. The molecule has 1 heterocycles. The quantitative estimate of drug-likeness (QED) is 0.790. The van der Waals surface area contributed by atoms with Gasteiger partial charge in [0.05, 0.1) is 15.9 Å². The molecule has 2 rings (SSSR count). The van der Waals surface area contributed by atoms with Crippen molar-refractivity contribution in [1.29, 1.82) is 0 Å². The smallest absolute Gasteiger partial charge is 0.230 e. The van der Waals surface area contributed by atoms with E-state index in [2.05, 4.69) is 4.98 Å². The summed E-state index contributed by atoms with van der Waals surface area (Å²) in [6.45, 7) is 0. The van der Waals surface area contributed by atoms with E-state index < -0.39 is 0 Å². The van der Waals surface area contributed by atoms with E-state index in [0.717, 1.165) is 0 Å². The molecule has 2 aromatic rings. The summed E-state index contributed by atoms with van der Waals surface area (Å²) in [6, 6.07) is 5.05. The molecule has 0 aliphatic carbocycles. The van der Waals surface area contributed by atoms with E-state index in [1.165, 1.54) is 11.3 Å². The summed E-state index contributed by atoms with van der Waals surface area (Å²) in [5, 5.41) is 2.89. The number of rotatable bonds is 2. The summed E-state index contributed by atoms with van der Waals surface area (Å²) in [7, 11) is 0. The van der Waals surface area contributed by atoms with Crippen LogP contribution >= 0.6 is 34.5 Å². The van der Waals surface area contributed by atoms with Crippen molar-refractivity contribution in [2.45, 2.75) is 0 Å². The molecule has 0 spiro atoms. The van der Waals surface area contributed by atoms with Crippen LogP contribution in [0.25, 0.3) is 0 Å². The van der Waals surface area contributed by atoms with Crippen LogP contribution in [0.2, 0.25) is 10.0 Å². The number of hydrogen-bond acceptors (Lipinski definition) is 3. The summed E-state index contributed by atoms with van der Waals surface area (Å²) in [5.74, 6) is 1.05. The van der Waals surface area contributed by atoms with Crippen LogP contribution in [0.5, 0.6) is 11.6 Å². The summed E-state index contributed by atoms with van der Waals surface area (Å²) in [4.78, 5) is 3.98. The first-order valence-electron chi connectivity index (χ1n) is 3.77. The molecule has 2 nitrogen and oxygen atoms in total. The predicted molar refractivity (Wildman–Crippen MR) is 58.7 cm³/mol. The zero-order chi connectivity index (χ0) is 9.97. The maximum atomic E-state index is 5.91. The third-order valence-corrected chi connectivity index (χ3v) is 2.63. The topological polar surface area (TPSA) is 22.1 Å². The van der Waals surface area contributed by atoms with Crippen molar-refractivity contribution in [3.05, 3.63) is 39.1 Å². The fraction of sp³-hybridized carbons (Fsp3) is 0. The molecule has 0 saturated heterocycles. The molecule has 0 atom stereocenters. The number of ether oxygens (including phenoxy) is 1. The number of halogens is 2. The third kappa shape index (κ3) is 2.18. The highest BCUT2D eigenvalue weighted by Gasteiger charge is 2.04. The average Bonchev–Trinajstić information content (AvgIpc) is 2.64. The standard InChI is InChI=1S/C9H5Cl2NOS/c10-6-1-2-7(11)8(3-6)13-9-4-14-5-12-9/h1-5H. The average molecular weight is 246 g/mol. The van der Waals surface area contributed by atoms with Crippen LogP contribution in [0.1, 0.15) is 0 Å². The Kier molecular flexibility index (Phi) is 2.91. The maximum Gasteiger partial charge on any atom is 0.230 e. The minimum atomic E-state index is 0.516. The molecule has 0 radical (unpaired) electrons. The van der Waals surface area contributed by atoms with Gasteiger partial charge in [-0.3, -0.25) is 0 Å². The number of nitrogens with zero attached hydrogens (tertiary/aromatic N) is 1. The van der Waals surface area contributed by atoms with Crippen LogP contribution in [0.15, 0.2) is 29.1 Å². The molecule has 14 heavy (non-hydrogen) atoms. The fourth-order valence-electron chi connectivity index (χ4n) is 0.920. The third-order valence-electron chi connectivity index (χ3n) is 1.52. The molecule has 0 aliphatic rings. The van der Waals surface area contributed by atoms with E-state index in [0.29, 0.717) is 21.7 Å². The van der Waals surface area contributed by atoms with Crippen molar-refractivity contribution in [3.63, 3.8) is 0 Å². The fourth-order valence-corrected chi connectivity index (χ4v) is 1.69. The van der Waals surface area contributed by atoms with Gasteiger partial charge in [-0.15, -0.1) is 11.3 Å². The summed E-state index contributed by atoms with van der Waals surface area (Å²) in [6.07, 6.45) is 0. The summed E-state index contributed by atoms with van der Waals surface area (Å²) in [5.41, 5.74) is 1.69. The van der Waals surface area contributed by atoms with Crippen molar-refractivity contribution in [1.82, 2.24) is 4.98 Å². The second-order valence-corrected chi connectivity index (χ2v) is 4.07. The van der Waals surface area contributed by atoms with E-state index in [4.69, 9.17) is 27.9 Å². The molecule has 0 amide bonds. The van der Waals surface area contributed by atoms with Crippen LogP contribution in [-0.2, 0) is 0 Å². The van der Waals surface area contributed by atoms with E-state index in [9.17, 15) is 0 Å². The molecule has 5 heteroatoms. The lowest BCUT2D eigenvalue weighted by Gasteiger charge is -2.04. The van der Waals surface area contributed by atoms with Crippen LogP contribution in [-0.4, -0.2) is 4.98 Å². The minimum Gasteiger partial charge on any atom is -0.437 e. The van der Waals surface area contributed by atoms with E-state index in [1.807, 2.05) is 0 Å². The zero-order valence-electron chi connectivity index (χ0n) is 6.91. The Hall–Kier alpha value is -0.770. The number of hydrogen-bond donors (Lipinski definition) is 0. The SMILES string of the molecule is Clc1ccc(Cl)c(Oc2cscn2)c1. The molecule has 0 fully saturated rings. The van der Waals surface area contributed by atoms with Gasteiger partial charge in [0.1, 0.15) is 5.75 Å². The van der Waals surface area contributed by atoms with Gasteiger partial charge in [-0.1, -0.05) is 23.2 Å². The van der Waals surface area contributed by atoms with Crippen molar-refractivity contribution in [2.75, 3.05) is 0 Å². The highest BCUT2D eigenvalue weighted by molar-refractivity contribution is 7.07. The number of benzene rings is 1. The molecule has 1 aromatic carbocycles. The zero-order valence-corrected chi connectivity index (χ0v) is 9.23. The van der Waals surface area contributed by atoms with Crippen molar-refractivity contribution >= 4 is 34.5 Å². The van der Waals surface area contributed by atoms with Gasteiger partial charge < -0.3 is 4.74 Å². The molecule has 72 valence electrons. The van der Waals surface area contributed by atoms with Crippen molar-refractivity contribution in [3.8, 4) is 11.6 Å². The van der Waals surface area contributed by atoms with Gasteiger partial charge in [0.2, 0.25) is 5.88 Å². The minimum absolute atomic E-state index is 0.516. The van der Waals surface area contributed by atoms with Crippen LogP contribution < -0.4 is 4.74 Å². The van der Waals surface area contributed by atoms with Gasteiger partial charge in [-0.25, -0.2) is 4.98 Å². The molecule has 0 saturated carbocycles. The van der Waals surface area contributed by atoms with Gasteiger partial charge in [0.25, 0.3) is 0 Å². The first kappa shape index (κ1) is 9.77. The van der Waals surface area contributed by atoms with E-state index in [-0.39, 0.29) is 0 Å². The second-order valence-electron chi connectivity index (χ2n) is 2.50. The lowest BCUT2D eigenvalue weighted by atomic mass is 10.3. The first-order chi connectivity index (χ1) is 6.75. The van der Waals surface area contributed by atoms with E-state index in [1.54, 1.807) is 29.1 Å². The molecule has 0 unspecified atom stereocenters. The second kappa shape index (κ2) is 4.17. The maximum absolute atomic E-state index is 5.91. The summed E-state index contributed by atoms with van der Waals surface area (Å²) >= 11 is 13.2. The van der Waals surface area contributed by atoms with Gasteiger partial charge in [0, 0.05) is 11.1 Å². The lowest BCUT2D eigenvalue weighted by Crippen LogP contribution is -1.84. The van der Waals surface area contributed by atoms with Crippen LogP contribution in [0.3, 0.4) is 0 Å². The molecule has 1 aromatic heterocycles. The Labute approximate surface area is 95.1 Å². The van der Waals surface area contributed by atoms with Gasteiger partial charge >= 0.3 is 0 Å². The Morgan fingerprint density at radius 1 is 1.29 bits per heavy atom. The molecular weight excluding hydrogens is 241 g/mol. The van der Waals surface area contributed by atoms with Crippen LogP contribution in [0, 0.1) is 0 Å². The largest absolute Gasteiger partial charge is 0.437 e. The normalized spacial score (nSPS) is 10.1. The van der Waals surface area contributed by atoms with Crippen molar-refractivity contribution < 1.29 is 4.74 Å². The van der Waals surface area contributed by atoms with Crippen molar-refractivity contribution in [2.24, 2.45) is 0 Å². The number of aromatic nitrogens is 1. The Morgan fingerprint density at radius 3 is 2.86 bits per heavy atom. The Bertz CT molecular complexity index is 430. The first-order valence-corrected chi connectivity index (χ1v) is 5.46. The molecule has 0 N–H and O–H groups in total.